The summed E-state index contributed by atoms with van der Waals surface area (Å²) in [5.74, 6) is 3.59. The number of nitrogens with two attached hydrogens (primary N) is 1. The molecule has 0 saturated carbocycles. The van der Waals surface area contributed by atoms with E-state index in [4.69, 9.17) is 10.6 Å². The van der Waals surface area contributed by atoms with Crippen molar-refractivity contribution in [2.45, 2.75) is 44.0 Å². The minimum atomic E-state index is -5.51. The zero-order valence-electron chi connectivity index (χ0n) is 10.3. The van der Waals surface area contributed by atoms with Gasteiger partial charge in [0.1, 0.15) is 0 Å². The first-order valence-corrected chi connectivity index (χ1v) is 5.14. The fourth-order valence-corrected chi connectivity index (χ4v) is 1.18. The van der Waals surface area contributed by atoms with Crippen LogP contribution < -0.4 is 5.90 Å². The molecule has 0 saturated heterocycles. The number of rotatable bonds is 7. The molecule has 0 heterocycles. The molecule has 0 radical (unpaired) electrons. The van der Waals surface area contributed by atoms with Crippen LogP contribution in [0.25, 0.3) is 0 Å². The van der Waals surface area contributed by atoms with Gasteiger partial charge in [0.2, 0.25) is 6.10 Å². The summed E-state index contributed by atoms with van der Waals surface area (Å²) in [7, 11) is 1.24. The van der Waals surface area contributed by atoms with Crippen LogP contribution in [0.3, 0.4) is 0 Å². The van der Waals surface area contributed by atoms with Gasteiger partial charge in [-0.25, -0.2) is 5.90 Å². The van der Waals surface area contributed by atoms with Crippen molar-refractivity contribution in [1.29, 1.82) is 0 Å². The number of ether oxygens (including phenoxy) is 2. The van der Waals surface area contributed by atoms with Gasteiger partial charge in [0.25, 0.3) is 0 Å². The lowest BCUT2D eigenvalue weighted by Gasteiger charge is -2.26. The summed E-state index contributed by atoms with van der Waals surface area (Å²) in [5.41, 5.74) is 0. The van der Waals surface area contributed by atoms with Crippen molar-refractivity contribution in [1.82, 2.24) is 0 Å². The number of hydrogen-bond acceptors (Lipinski definition) is 4. The van der Waals surface area contributed by atoms with Crippen LogP contribution in [0.1, 0.15) is 19.8 Å². The van der Waals surface area contributed by atoms with Crippen LogP contribution in [-0.2, 0) is 14.3 Å². The van der Waals surface area contributed by atoms with Crippen molar-refractivity contribution in [2.75, 3.05) is 13.7 Å². The third kappa shape index (κ3) is 6.41. The van der Waals surface area contributed by atoms with E-state index < -0.39 is 30.9 Å². The molecule has 0 spiro atoms. The van der Waals surface area contributed by atoms with Gasteiger partial charge in [-0.3, -0.25) is 4.84 Å². The van der Waals surface area contributed by atoms with Gasteiger partial charge < -0.3 is 9.47 Å². The smallest absolute Gasteiger partial charge is 0.361 e. The van der Waals surface area contributed by atoms with Gasteiger partial charge >= 0.3 is 12.4 Å². The second-order valence-electron chi connectivity index (χ2n) is 3.89. The summed E-state index contributed by atoms with van der Waals surface area (Å²) in [6.45, 7) is 0.629. The molecule has 0 amide bonds. The lowest BCUT2D eigenvalue weighted by atomic mass is 10.2. The molecule has 4 nitrogen and oxygen atoms in total. The second kappa shape index (κ2) is 6.73. The van der Waals surface area contributed by atoms with E-state index in [0.29, 0.717) is 0 Å². The molecule has 19 heavy (non-hydrogen) atoms. The molecule has 0 aliphatic heterocycles. The first-order chi connectivity index (χ1) is 8.46. The van der Waals surface area contributed by atoms with Gasteiger partial charge in [-0.15, -0.1) is 0 Å². The molecule has 0 aromatic carbocycles. The number of hydrogen-bond donors (Lipinski definition) is 1. The lowest BCUT2D eigenvalue weighted by molar-refractivity contribution is -0.322. The zero-order valence-corrected chi connectivity index (χ0v) is 10.3. The molecule has 0 aliphatic carbocycles. The maximum Gasteiger partial charge on any atom is 0.423 e. The molecule has 1 unspecified atom stereocenters. The molecule has 0 rings (SSSR count). The molecule has 0 aromatic heterocycles. The summed E-state index contributed by atoms with van der Waals surface area (Å²) in [5, 5.41) is 0. The first kappa shape index (κ1) is 18.4. The lowest BCUT2D eigenvalue weighted by Crippen LogP contribution is -2.44. The van der Waals surface area contributed by atoms with Gasteiger partial charge in [0.15, 0.2) is 5.79 Å². The molecule has 2 N–H and O–H groups in total. The number of alkyl halides is 6. The van der Waals surface area contributed by atoms with E-state index in [-0.39, 0.29) is 12.8 Å². The Morgan fingerprint density at radius 2 is 1.53 bits per heavy atom. The van der Waals surface area contributed by atoms with Crippen LogP contribution in [0.2, 0.25) is 0 Å². The average Bonchev–Trinajstić information content (AvgIpc) is 2.24. The minimum Gasteiger partial charge on any atom is -0.361 e. The Labute approximate surface area is 105 Å². The van der Waals surface area contributed by atoms with Gasteiger partial charge in [-0.1, -0.05) is 0 Å². The molecular formula is C9H15F6NO3. The topological polar surface area (TPSA) is 53.7 Å². The Morgan fingerprint density at radius 3 is 1.84 bits per heavy atom. The van der Waals surface area contributed by atoms with E-state index >= 15 is 0 Å². The van der Waals surface area contributed by atoms with Crippen molar-refractivity contribution in [3.8, 4) is 0 Å². The summed E-state index contributed by atoms with van der Waals surface area (Å²) in [6.07, 6.45) is -15.0. The minimum absolute atomic E-state index is 0.0254. The van der Waals surface area contributed by atoms with E-state index in [0.717, 1.165) is 0 Å². The molecule has 0 fully saturated rings. The van der Waals surface area contributed by atoms with Gasteiger partial charge in [-0.2, -0.15) is 26.3 Å². The summed E-state index contributed by atoms with van der Waals surface area (Å²) < 4.78 is 81.2. The van der Waals surface area contributed by atoms with Crippen LogP contribution >= 0.6 is 0 Å². The van der Waals surface area contributed by atoms with Gasteiger partial charge in [0.05, 0.1) is 0 Å². The van der Waals surface area contributed by atoms with Crippen molar-refractivity contribution >= 4 is 0 Å². The number of methoxy groups -OCH3 is 1. The maximum atomic E-state index is 12.1. The largest absolute Gasteiger partial charge is 0.423 e. The highest BCUT2D eigenvalue weighted by Gasteiger charge is 2.57. The monoisotopic (exact) mass is 299 g/mol. The highest BCUT2D eigenvalue weighted by Crippen LogP contribution is 2.35. The van der Waals surface area contributed by atoms with E-state index in [2.05, 4.69) is 9.57 Å². The van der Waals surface area contributed by atoms with Crippen LogP contribution in [0.15, 0.2) is 0 Å². The molecule has 0 aliphatic rings. The molecule has 0 aromatic rings. The SMILES string of the molecule is COC(C)(CCCOC(C(F)(F)F)C(F)(F)F)ON. The van der Waals surface area contributed by atoms with E-state index in [1.165, 1.54) is 14.0 Å². The molecule has 0 bridgehead atoms. The van der Waals surface area contributed by atoms with Crippen LogP contribution in [0, 0.1) is 0 Å². The van der Waals surface area contributed by atoms with E-state index in [9.17, 15) is 26.3 Å². The molecule has 1 atom stereocenters. The fraction of sp³-hybridized carbons (Fsp3) is 1.00. The summed E-state index contributed by atoms with van der Waals surface area (Å²) in [4.78, 5) is 4.41. The predicted octanol–water partition coefficient (Wildman–Crippen LogP) is 2.53. The van der Waals surface area contributed by atoms with Crippen molar-refractivity contribution in [3.63, 3.8) is 0 Å². The van der Waals surface area contributed by atoms with Gasteiger partial charge in [0, 0.05) is 20.1 Å². The normalized spacial score (nSPS) is 16.7. The van der Waals surface area contributed by atoms with E-state index in [1.54, 1.807) is 0 Å². The van der Waals surface area contributed by atoms with Crippen LogP contribution in [0.4, 0.5) is 26.3 Å². The Hall–Kier alpha value is -0.580. The van der Waals surface area contributed by atoms with Crippen molar-refractivity contribution < 1.29 is 40.7 Å². The van der Waals surface area contributed by atoms with Gasteiger partial charge in [-0.05, 0) is 13.3 Å². The Bertz CT molecular complexity index is 250. The van der Waals surface area contributed by atoms with Crippen molar-refractivity contribution in [2.24, 2.45) is 5.90 Å². The third-order valence-electron chi connectivity index (χ3n) is 2.34. The first-order valence-electron chi connectivity index (χ1n) is 5.14. The molecule has 10 heteroatoms. The maximum absolute atomic E-state index is 12.1. The Morgan fingerprint density at radius 1 is 1.05 bits per heavy atom. The zero-order chi connectivity index (χ0) is 15.3. The summed E-state index contributed by atoms with van der Waals surface area (Å²) in [6, 6.07) is 0. The highest BCUT2D eigenvalue weighted by atomic mass is 19.4. The standard InChI is InChI=1S/C9H15F6NO3/c1-7(17-2,19-16)4-3-5-18-6(8(10,11)12)9(13,14)15/h6H,3-5,16H2,1-2H3. The van der Waals surface area contributed by atoms with E-state index in [1.807, 2.05) is 0 Å². The summed E-state index contributed by atoms with van der Waals surface area (Å²) >= 11 is 0. The third-order valence-corrected chi connectivity index (χ3v) is 2.34. The second-order valence-corrected chi connectivity index (χ2v) is 3.89. The van der Waals surface area contributed by atoms with Crippen LogP contribution in [0.5, 0.6) is 0 Å². The van der Waals surface area contributed by atoms with Crippen molar-refractivity contribution in [3.05, 3.63) is 0 Å². The average molecular weight is 299 g/mol. The number of halogens is 6. The highest BCUT2D eigenvalue weighted by molar-refractivity contribution is 4.76. The fourth-order valence-electron chi connectivity index (χ4n) is 1.18. The van der Waals surface area contributed by atoms with Crippen LogP contribution in [-0.4, -0.2) is 38.0 Å². The molecule has 116 valence electrons. The predicted molar refractivity (Wildman–Crippen MR) is 51.8 cm³/mol. The Balaban J connectivity index is 4.31. The molecular weight excluding hydrogens is 284 g/mol. The quantitative estimate of drug-likeness (QED) is 0.340. The Kier molecular flexibility index (Phi) is 6.52.